The van der Waals surface area contributed by atoms with Gasteiger partial charge in [0.1, 0.15) is 5.84 Å². The van der Waals surface area contributed by atoms with Crippen LogP contribution in [0.25, 0.3) is 0 Å². The number of fused-ring (bicyclic) bond motifs is 1. The minimum atomic E-state index is 0.433. The first kappa shape index (κ1) is 10.1. The zero-order valence-electron chi connectivity index (χ0n) is 8.91. The molecule has 2 aliphatic rings. The lowest BCUT2D eigenvalue weighted by Crippen LogP contribution is -2.35. The van der Waals surface area contributed by atoms with E-state index < -0.39 is 0 Å². The molecule has 2 N–H and O–H groups in total. The van der Waals surface area contributed by atoms with Crippen LogP contribution in [0.5, 0.6) is 0 Å². The molecule has 3 nitrogen and oxygen atoms in total. The maximum atomic E-state index is 5.85. The number of nitrogens with one attached hydrogen (secondary N) is 2. The maximum absolute atomic E-state index is 5.85. The molecule has 84 valence electrons. The van der Waals surface area contributed by atoms with Crippen molar-refractivity contribution in [3.63, 3.8) is 0 Å². The van der Waals surface area contributed by atoms with Gasteiger partial charge in [0, 0.05) is 24.5 Å². The number of amidine groups is 1. The fourth-order valence-corrected chi connectivity index (χ4v) is 2.42. The van der Waals surface area contributed by atoms with Crippen LogP contribution in [0, 0.1) is 0 Å². The molecule has 2 aliphatic heterocycles. The molecule has 0 bridgehead atoms. The van der Waals surface area contributed by atoms with Gasteiger partial charge in [0.05, 0.1) is 12.1 Å². The lowest BCUT2D eigenvalue weighted by molar-refractivity contribution is 0.636. The van der Waals surface area contributed by atoms with Crippen molar-refractivity contribution in [1.29, 1.82) is 0 Å². The minimum absolute atomic E-state index is 0.433. The van der Waals surface area contributed by atoms with Gasteiger partial charge in [-0.05, 0) is 17.7 Å². The number of hydrogen-bond acceptors (Lipinski definition) is 3. The molecule has 1 fully saturated rings. The first-order chi connectivity index (χ1) is 7.81. The second-order valence-corrected chi connectivity index (χ2v) is 4.79. The molecule has 2 unspecified atom stereocenters. The van der Waals surface area contributed by atoms with Crippen molar-refractivity contribution in [2.75, 3.05) is 13.1 Å². The third-order valence-corrected chi connectivity index (χ3v) is 3.39. The summed E-state index contributed by atoms with van der Waals surface area (Å²) in [6.45, 7) is 2.03. The molecule has 0 amide bonds. The number of benzene rings is 1. The third kappa shape index (κ3) is 1.93. The zero-order valence-corrected chi connectivity index (χ0v) is 9.67. The second-order valence-electron chi connectivity index (χ2n) is 4.36. The summed E-state index contributed by atoms with van der Waals surface area (Å²) in [6, 6.07) is 8.89. The van der Waals surface area contributed by atoms with Gasteiger partial charge in [-0.1, -0.05) is 23.7 Å². The third-order valence-electron chi connectivity index (χ3n) is 3.14. The van der Waals surface area contributed by atoms with E-state index in [0.717, 1.165) is 30.4 Å². The number of aliphatic imine (C=N–C) groups is 1. The Hall–Kier alpha value is -1.06. The first-order valence-electron chi connectivity index (χ1n) is 5.59. The predicted octanol–water partition coefficient (Wildman–Crippen LogP) is 1.22. The van der Waals surface area contributed by atoms with E-state index >= 15 is 0 Å². The molecule has 0 aliphatic carbocycles. The van der Waals surface area contributed by atoms with Gasteiger partial charge < -0.3 is 10.6 Å². The molecule has 2 atom stereocenters. The van der Waals surface area contributed by atoms with Crippen LogP contribution in [0.2, 0.25) is 5.02 Å². The van der Waals surface area contributed by atoms with E-state index in [1.165, 1.54) is 5.56 Å². The summed E-state index contributed by atoms with van der Waals surface area (Å²) >= 11 is 5.85. The Balaban J connectivity index is 1.69. The lowest BCUT2D eigenvalue weighted by atomic mass is 10.1. The molecule has 4 heteroatoms. The van der Waals surface area contributed by atoms with Crippen LogP contribution in [0.15, 0.2) is 29.3 Å². The van der Waals surface area contributed by atoms with Gasteiger partial charge in [-0.3, -0.25) is 4.99 Å². The van der Waals surface area contributed by atoms with Crippen molar-refractivity contribution in [3.8, 4) is 0 Å². The number of rotatable bonds is 2. The van der Waals surface area contributed by atoms with Crippen molar-refractivity contribution in [2.45, 2.75) is 18.5 Å². The molecule has 2 heterocycles. The Kier molecular flexibility index (Phi) is 2.58. The largest absolute Gasteiger partial charge is 0.367 e. The fraction of sp³-hybridized carbons (Fsp3) is 0.417. The zero-order chi connectivity index (χ0) is 11.0. The van der Waals surface area contributed by atoms with E-state index in [4.69, 9.17) is 11.6 Å². The molecule has 1 saturated heterocycles. The van der Waals surface area contributed by atoms with Crippen molar-refractivity contribution in [1.82, 2.24) is 10.6 Å². The summed E-state index contributed by atoms with van der Waals surface area (Å²) in [4.78, 5) is 4.68. The number of nitrogens with zero attached hydrogens (tertiary/aromatic N) is 1. The molecule has 16 heavy (non-hydrogen) atoms. The molecular weight excluding hydrogens is 222 g/mol. The maximum Gasteiger partial charge on any atom is 0.102 e. The van der Waals surface area contributed by atoms with E-state index in [1.54, 1.807) is 0 Å². The summed E-state index contributed by atoms with van der Waals surface area (Å²) in [6.07, 6.45) is 0.879. The average Bonchev–Trinajstić information content (AvgIpc) is 2.81. The molecule has 0 aromatic heterocycles. The number of halogens is 1. The van der Waals surface area contributed by atoms with Crippen molar-refractivity contribution in [2.24, 2.45) is 4.99 Å². The normalized spacial score (nSPS) is 27.4. The Morgan fingerprint density at radius 3 is 2.81 bits per heavy atom. The van der Waals surface area contributed by atoms with Gasteiger partial charge in [-0.2, -0.15) is 0 Å². The van der Waals surface area contributed by atoms with Gasteiger partial charge in [0.2, 0.25) is 0 Å². The van der Waals surface area contributed by atoms with Crippen molar-refractivity contribution < 1.29 is 0 Å². The van der Waals surface area contributed by atoms with E-state index in [2.05, 4.69) is 27.8 Å². The van der Waals surface area contributed by atoms with Crippen LogP contribution >= 0.6 is 11.6 Å². The van der Waals surface area contributed by atoms with E-state index in [1.807, 2.05) is 12.1 Å². The van der Waals surface area contributed by atoms with Crippen LogP contribution in [-0.4, -0.2) is 31.0 Å². The minimum Gasteiger partial charge on any atom is -0.367 e. The SMILES string of the molecule is Clc1ccc(CC2=NC3CNCC3N2)cc1. The highest BCUT2D eigenvalue weighted by atomic mass is 35.5. The highest BCUT2D eigenvalue weighted by molar-refractivity contribution is 6.30. The van der Waals surface area contributed by atoms with Gasteiger partial charge in [0.15, 0.2) is 0 Å². The Labute approximate surface area is 99.9 Å². The average molecular weight is 236 g/mol. The lowest BCUT2D eigenvalue weighted by Gasteiger charge is -2.08. The number of hydrogen-bond donors (Lipinski definition) is 2. The Bertz CT molecular complexity index is 413. The predicted molar refractivity (Wildman–Crippen MR) is 66.2 cm³/mol. The molecule has 0 spiro atoms. The topological polar surface area (TPSA) is 36.4 Å². The van der Waals surface area contributed by atoms with Crippen LogP contribution < -0.4 is 10.6 Å². The molecule has 1 aromatic rings. The van der Waals surface area contributed by atoms with E-state index in [-0.39, 0.29) is 0 Å². The van der Waals surface area contributed by atoms with Crippen molar-refractivity contribution in [3.05, 3.63) is 34.9 Å². The monoisotopic (exact) mass is 235 g/mol. The van der Waals surface area contributed by atoms with Crippen LogP contribution in [0.1, 0.15) is 5.56 Å². The highest BCUT2D eigenvalue weighted by Gasteiger charge is 2.32. The summed E-state index contributed by atoms with van der Waals surface area (Å²) in [5.41, 5.74) is 1.25. The van der Waals surface area contributed by atoms with Crippen LogP contribution in [0.4, 0.5) is 0 Å². The Morgan fingerprint density at radius 1 is 1.25 bits per heavy atom. The van der Waals surface area contributed by atoms with Crippen molar-refractivity contribution >= 4 is 17.4 Å². The molecule has 3 rings (SSSR count). The van der Waals surface area contributed by atoms with Crippen LogP contribution in [-0.2, 0) is 6.42 Å². The highest BCUT2D eigenvalue weighted by Crippen LogP contribution is 2.15. The molecule has 0 radical (unpaired) electrons. The van der Waals surface area contributed by atoms with E-state index in [0.29, 0.717) is 12.1 Å². The summed E-state index contributed by atoms with van der Waals surface area (Å²) < 4.78 is 0. The smallest absolute Gasteiger partial charge is 0.102 e. The fourth-order valence-electron chi connectivity index (χ4n) is 2.29. The molecule has 1 aromatic carbocycles. The van der Waals surface area contributed by atoms with Crippen LogP contribution in [0.3, 0.4) is 0 Å². The van der Waals surface area contributed by atoms with Gasteiger partial charge in [-0.25, -0.2) is 0 Å². The van der Waals surface area contributed by atoms with E-state index in [9.17, 15) is 0 Å². The standard InChI is InChI=1S/C12H14ClN3/c13-9-3-1-8(2-4-9)5-12-15-10-6-14-7-11(10)16-12/h1-4,10-11,14H,5-7H2,(H,15,16). The Morgan fingerprint density at radius 2 is 2.06 bits per heavy atom. The van der Waals surface area contributed by atoms with Gasteiger partial charge >= 0.3 is 0 Å². The summed E-state index contributed by atoms with van der Waals surface area (Å²) in [5.74, 6) is 1.11. The second kappa shape index (κ2) is 4.07. The summed E-state index contributed by atoms with van der Waals surface area (Å²) in [5, 5.41) is 7.58. The molecular formula is C12H14ClN3. The quantitative estimate of drug-likeness (QED) is 0.809. The summed E-state index contributed by atoms with van der Waals surface area (Å²) in [7, 11) is 0. The first-order valence-corrected chi connectivity index (χ1v) is 5.97. The van der Waals surface area contributed by atoms with Gasteiger partial charge in [0.25, 0.3) is 0 Å². The van der Waals surface area contributed by atoms with Gasteiger partial charge in [-0.15, -0.1) is 0 Å². The molecule has 0 saturated carbocycles.